The summed E-state index contributed by atoms with van der Waals surface area (Å²) >= 11 is 1.84. The number of aliphatic imine (C=N–C) groups is 1. The van der Waals surface area contributed by atoms with Crippen molar-refractivity contribution in [3.63, 3.8) is 0 Å². The molecule has 1 aromatic heterocycles. The SMILES string of the molecule is CN=C(NCc1ccc(F)c(C)c1)NCC1CCCN(C)C1c1cccs1.I. The molecule has 1 aliphatic heterocycles. The first-order valence-electron chi connectivity index (χ1n) is 9.51. The van der Waals surface area contributed by atoms with Crippen molar-refractivity contribution in [1.82, 2.24) is 15.5 Å². The number of nitrogens with zero attached hydrogens (tertiary/aromatic N) is 2. The molecular weight excluding hydrogens is 486 g/mol. The molecule has 28 heavy (non-hydrogen) atoms. The van der Waals surface area contributed by atoms with E-state index >= 15 is 0 Å². The van der Waals surface area contributed by atoms with Crippen molar-refractivity contribution in [2.75, 3.05) is 27.2 Å². The first kappa shape index (κ1) is 23.1. The molecule has 0 aliphatic carbocycles. The van der Waals surface area contributed by atoms with Gasteiger partial charge in [-0.25, -0.2) is 4.39 Å². The summed E-state index contributed by atoms with van der Waals surface area (Å²) in [4.78, 5) is 8.25. The lowest BCUT2D eigenvalue weighted by atomic mass is 9.88. The molecule has 1 saturated heterocycles. The Morgan fingerprint density at radius 3 is 2.82 bits per heavy atom. The van der Waals surface area contributed by atoms with Crippen LogP contribution in [0.3, 0.4) is 0 Å². The van der Waals surface area contributed by atoms with Crippen molar-refractivity contribution >= 4 is 41.3 Å². The molecule has 2 unspecified atom stereocenters. The molecule has 0 bridgehead atoms. The third-order valence-electron chi connectivity index (χ3n) is 5.28. The number of hydrogen-bond donors (Lipinski definition) is 2. The average Bonchev–Trinajstić information content (AvgIpc) is 3.19. The molecular formula is C21H30FIN4S. The van der Waals surface area contributed by atoms with Crippen molar-refractivity contribution < 1.29 is 4.39 Å². The van der Waals surface area contributed by atoms with Gasteiger partial charge in [-0.3, -0.25) is 9.89 Å². The second-order valence-electron chi connectivity index (χ2n) is 7.23. The van der Waals surface area contributed by atoms with Crippen molar-refractivity contribution in [3.8, 4) is 0 Å². The van der Waals surface area contributed by atoms with Crippen LogP contribution in [0.5, 0.6) is 0 Å². The second kappa shape index (κ2) is 11.1. The highest BCUT2D eigenvalue weighted by molar-refractivity contribution is 14.0. The van der Waals surface area contributed by atoms with E-state index in [9.17, 15) is 4.39 Å². The molecule has 0 saturated carbocycles. The molecule has 1 aromatic carbocycles. The molecule has 2 heterocycles. The van der Waals surface area contributed by atoms with Crippen LogP contribution in [-0.2, 0) is 6.54 Å². The lowest BCUT2D eigenvalue weighted by Gasteiger charge is -2.39. The molecule has 4 nitrogen and oxygen atoms in total. The molecule has 0 radical (unpaired) electrons. The summed E-state index contributed by atoms with van der Waals surface area (Å²) in [5.74, 6) is 1.17. The summed E-state index contributed by atoms with van der Waals surface area (Å²) in [5, 5.41) is 8.99. The van der Waals surface area contributed by atoms with E-state index in [1.165, 1.54) is 23.8 Å². The number of halogens is 2. The molecule has 0 spiro atoms. The number of aryl methyl sites for hydroxylation is 1. The highest BCUT2D eigenvalue weighted by atomic mass is 127. The van der Waals surface area contributed by atoms with Gasteiger partial charge in [0.2, 0.25) is 0 Å². The lowest BCUT2D eigenvalue weighted by molar-refractivity contribution is 0.125. The third-order valence-corrected chi connectivity index (χ3v) is 6.22. The Kier molecular flexibility index (Phi) is 9.17. The Morgan fingerprint density at radius 1 is 1.32 bits per heavy atom. The van der Waals surface area contributed by atoms with Crippen LogP contribution in [0.25, 0.3) is 0 Å². The number of rotatable bonds is 5. The van der Waals surface area contributed by atoms with Crippen LogP contribution < -0.4 is 10.6 Å². The van der Waals surface area contributed by atoms with Crippen LogP contribution in [0.1, 0.15) is 34.9 Å². The van der Waals surface area contributed by atoms with Crippen LogP contribution in [0.15, 0.2) is 40.7 Å². The highest BCUT2D eigenvalue weighted by Gasteiger charge is 2.31. The van der Waals surface area contributed by atoms with Gasteiger partial charge in [-0.2, -0.15) is 0 Å². The Bertz CT molecular complexity index is 766. The molecule has 0 amide bonds. The lowest BCUT2D eigenvalue weighted by Crippen LogP contribution is -2.44. The fourth-order valence-corrected chi connectivity index (χ4v) is 4.82. The maximum Gasteiger partial charge on any atom is 0.191 e. The average molecular weight is 516 g/mol. The number of benzene rings is 1. The van der Waals surface area contributed by atoms with Crippen LogP contribution in [-0.4, -0.2) is 38.0 Å². The summed E-state index contributed by atoms with van der Waals surface area (Å²) in [5.41, 5.74) is 1.71. The van der Waals surface area contributed by atoms with Gasteiger partial charge in [-0.15, -0.1) is 35.3 Å². The fourth-order valence-electron chi connectivity index (χ4n) is 3.83. The summed E-state index contributed by atoms with van der Waals surface area (Å²) < 4.78 is 13.4. The summed E-state index contributed by atoms with van der Waals surface area (Å²) in [7, 11) is 4.01. The largest absolute Gasteiger partial charge is 0.356 e. The molecule has 1 fully saturated rings. The molecule has 2 N–H and O–H groups in total. The van der Waals surface area contributed by atoms with Gasteiger partial charge in [0.25, 0.3) is 0 Å². The Morgan fingerprint density at radius 2 is 2.14 bits per heavy atom. The summed E-state index contributed by atoms with van der Waals surface area (Å²) in [6.45, 7) is 4.45. The van der Waals surface area contributed by atoms with Gasteiger partial charge in [-0.05, 0) is 67.9 Å². The summed E-state index contributed by atoms with van der Waals surface area (Å²) in [6, 6.07) is 10.0. The molecule has 154 valence electrons. The fraction of sp³-hybridized carbons (Fsp3) is 0.476. The van der Waals surface area contributed by atoms with Crippen LogP contribution in [0.4, 0.5) is 4.39 Å². The second-order valence-corrected chi connectivity index (χ2v) is 8.21. The van der Waals surface area contributed by atoms with Gasteiger partial charge in [-0.1, -0.05) is 18.2 Å². The molecule has 2 atom stereocenters. The monoisotopic (exact) mass is 516 g/mol. The Balaban J connectivity index is 0.00000280. The van der Waals surface area contributed by atoms with E-state index < -0.39 is 0 Å². The van der Waals surface area contributed by atoms with E-state index in [1.807, 2.05) is 23.5 Å². The van der Waals surface area contributed by atoms with Crippen molar-refractivity contribution in [3.05, 3.63) is 57.5 Å². The van der Waals surface area contributed by atoms with E-state index in [2.05, 4.69) is 45.1 Å². The maximum atomic E-state index is 13.4. The van der Waals surface area contributed by atoms with E-state index in [-0.39, 0.29) is 29.8 Å². The molecule has 2 aromatic rings. The van der Waals surface area contributed by atoms with Gasteiger partial charge in [0, 0.05) is 31.1 Å². The molecule has 7 heteroatoms. The Labute approximate surface area is 188 Å². The van der Waals surface area contributed by atoms with E-state index in [0.717, 1.165) is 24.6 Å². The van der Waals surface area contributed by atoms with E-state index in [1.54, 1.807) is 14.0 Å². The predicted octanol–water partition coefficient (Wildman–Crippen LogP) is 4.56. The zero-order valence-electron chi connectivity index (χ0n) is 16.7. The minimum atomic E-state index is -0.165. The van der Waals surface area contributed by atoms with Crippen LogP contribution in [0.2, 0.25) is 0 Å². The van der Waals surface area contributed by atoms with E-state index in [0.29, 0.717) is 24.1 Å². The topological polar surface area (TPSA) is 39.7 Å². The minimum Gasteiger partial charge on any atom is -0.356 e. The number of piperidine rings is 1. The number of thiophene rings is 1. The Hall–Kier alpha value is -1.19. The number of likely N-dealkylation sites (tertiary alicyclic amines) is 1. The number of nitrogens with one attached hydrogen (secondary N) is 2. The standard InChI is InChI=1S/C21H29FN4S.HI/c1-15-12-16(8-9-18(15)22)13-24-21(23-2)25-14-17-6-4-10-26(3)20(17)19-7-5-11-27-19;/h5,7-9,11-12,17,20H,4,6,10,13-14H2,1-3H3,(H2,23,24,25);1H. The molecule has 3 rings (SSSR count). The summed E-state index contributed by atoms with van der Waals surface area (Å²) in [6.07, 6.45) is 2.44. The maximum absolute atomic E-state index is 13.4. The number of hydrogen-bond acceptors (Lipinski definition) is 3. The van der Waals surface area contributed by atoms with Gasteiger partial charge in [0.05, 0.1) is 0 Å². The smallest absolute Gasteiger partial charge is 0.191 e. The van der Waals surface area contributed by atoms with Gasteiger partial charge in [0.1, 0.15) is 5.82 Å². The predicted molar refractivity (Wildman–Crippen MR) is 127 cm³/mol. The zero-order valence-corrected chi connectivity index (χ0v) is 19.9. The van der Waals surface area contributed by atoms with Gasteiger partial charge < -0.3 is 10.6 Å². The van der Waals surface area contributed by atoms with Gasteiger partial charge >= 0.3 is 0 Å². The third kappa shape index (κ3) is 5.90. The first-order chi connectivity index (χ1) is 13.1. The van der Waals surface area contributed by atoms with Crippen molar-refractivity contribution in [2.45, 2.75) is 32.4 Å². The van der Waals surface area contributed by atoms with Crippen molar-refractivity contribution in [1.29, 1.82) is 0 Å². The van der Waals surface area contributed by atoms with Crippen LogP contribution in [0, 0.1) is 18.7 Å². The minimum absolute atomic E-state index is 0. The van der Waals surface area contributed by atoms with E-state index in [4.69, 9.17) is 0 Å². The zero-order chi connectivity index (χ0) is 19.2. The number of guanidine groups is 1. The van der Waals surface area contributed by atoms with Crippen molar-refractivity contribution in [2.24, 2.45) is 10.9 Å². The quantitative estimate of drug-likeness (QED) is 0.348. The van der Waals surface area contributed by atoms with Crippen LogP contribution >= 0.6 is 35.3 Å². The van der Waals surface area contributed by atoms with Gasteiger partial charge in [0.15, 0.2) is 5.96 Å². The first-order valence-corrected chi connectivity index (χ1v) is 10.4. The normalized spacial score (nSPS) is 20.5. The molecule has 1 aliphatic rings. The highest BCUT2D eigenvalue weighted by Crippen LogP contribution is 2.36.